The number of anilines is 1. The van der Waals surface area contributed by atoms with Gasteiger partial charge in [0.05, 0.1) is 18.0 Å². The van der Waals surface area contributed by atoms with Crippen molar-refractivity contribution in [3.05, 3.63) is 64.2 Å². The predicted molar refractivity (Wildman–Crippen MR) is 120 cm³/mol. The van der Waals surface area contributed by atoms with Crippen LogP contribution in [0.25, 0.3) is 0 Å². The van der Waals surface area contributed by atoms with Crippen LogP contribution in [0.15, 0.2) is 36.4 Å². The molecule has 158 valence electrons. The third-order valence-electron chi connectivity index (χ3n) is 5.32. The fraction of sp³-hybridized carbons (Fsp3) is 0.435. The number of hydrogen-bond donors (Lipinski definition) is 1. The van der Waals surface area contributed by atoms with Crippen LogP contribution in [0.5, 0.6) is 0 Å². The summed E-state index contributed by atoms with van der Waals surface area (Å²) in [5, 5.41) is 3.01. The Morgan fingerprint density at radius 1 is 1.00 bits per heavy atom. The van der Waals surface area contributed by atoms with Crippen LogP contribution in [0.3, 0.4) is 0 Å². The molecule has 0 aliphatic rings. The van der Waals surface area contributed by atoms with Crippen LogP contribution < -0.4 is 9.62 Å². The topological polar surface area (TPSA) is 66.5 Å². The van der Waals surface area contributed by atoms with Crippen molar-refractivity contribution >= 4 is 21.6 Å². The fourth-order valence-corrected chi connectivity index (χ4v) is 4.68. The second kappa shape index (κ2) is 8.99. The number of sulfonamides is 1. The Hall–Kier alpha value is -2.34. The van der Waals surface area contributed by atoms with E-state index >= 15 is 0 Å². The molecule has 0 saturated heterocycles. The van der Waals surface area contributed by atoms with Crippen molar-refractivity contribution in [2.45, 2.75) is 60.0 Å². The van der Waals surface area contributed by atoms with Gasteiger partial charge in [-0.1, -0.05) is 37.3 Å². The molecule has 2 aromatic carbocycles. The quantitative estimate of drug-likeness (QED) is 0.730. The van der Waals surface area contributed by atoms with E-state index in [9.17, 15) is 13.2 Å². The van der Waals surface area contributed by atoms with Crippen molar-refractivity contribution in [2.24, 2.45) is 0 Å². The molecule has 0 radical (unpaired) electrons. The highest BCUT2D eigenvalue weighted by Crippen LogP contribution is 2.28. The molecule has 0 bridgehead atoms. The minimum atomic E-state index is -3.65. The largest absolute Gasteiger partial charge is 0.348 e. The molecule has 2 aromatic rings. The molecule has 6 heteroatoms. The van der Waals surface area contributed by atoms with Crippen molar-refractivity contribution in [3.8, 4) is 0 Å². The van der Waals surface area contributed by atoms with E-state index in [0.717, 1.165) is 28.5 Å². The maximum atomic E-state index is 13.2. The summed E-state index contributed by atoms with van der Waals surface area (Å²) >= 11 is 0. The van der Waals surface area contributed by atoms with Gasteiger partial charge in [-0.05, 0) is 74.9 Å². The van der Waals surface area contributed by atoms with Crippen LogP contribution >= 0.6 is 0 Å². The summed E-state index contributed by atoms with van der Waals surface area (Å²) in [6.07, 6.45) is 1.52. The second-order valence-corrected chi connectivity index (χ2v) is 9.71. The van der Waals surface area contributed by atoms with Crippen LogP contribution in [-0.2, 0) is 14.8 Å². The standard InChI is InChI=1S/C23H32N2O3S/c1-8-21(23(26)24-19(6)20-12-11-16(3)18(5)14-20)25(29(7,27)28)22-13-15(2)9-10-17(22)4/h9-14,19,21H,8H2,1-7H3,(H,24,26)/t19-,21+/m1/s1. The molecule has 0 spiro atoms. The first-order valence-corrected chi connectivity index (χ1v) is 11.7. The van der Waals surface area contributed by atoms with Crippen molar-refractivity contribution in [1.82, 2.24) is 5.32 Å². The highest BCUT2D eigenvalue weighted by atomic mass is 32.2. The van der Waals surface area contributed by atoms with E-state index in [0.29, 0.717) is 12.1 Å². The molecule has 0 aliphatic carbocycles. The Labute approximate surface area is 175 Å². The smallest absolute Gasteiger partial charge is 0.244 e. The van der Waals surface area contributed by atoms with E-state index in [1.54, 1.807) is 0 Å². The van der Waals surface area contributed by atoms with Gasteiger partial charge in [-0.2, -0.15) is 0 Å². The van der Waals surface area contributed by atoms with Gasteiger partial charge < -0.3 is 5.32 Å². The zero-order valence-electron chi connectivity index (χ0n) is 18.4. The van der Waals surface area contributed by atoms with Crippen LogP contribution in [0.1, 0.15) is 54.1 Å². The number of benzene rings is 2. The van der Waals surface area contributed by atoms with Crippen molar-refractivity contribution in [3.63, 3.8) is 0 Å². The molecular weight excluding hydrogens is 384 g/mol. The SMILES string of the molecule is CC[C@@H](C(=O)N[C@H](C)c1ccc(C)c(C)c1)N(c1cc(C)ccc1C)S(C)(=O)=O. The minimum absolute atomic E-state index is 0.226. The Morgan fingerprint density at radius 3 is 2.17 bits per heavy atom. The molecule has 0 heterocycles. The highest BCUT2D eigenvalue weighted by Gasteiger charge is 2.33. The lowest BCUT2D eigenvalue weighted by Crippen LogP contribution is -2.50. The molecule has 0 saturated carbocycles. The van der Waals surface area contributed by atoms with Crippen molar-refractivity contribution < 1.29 is 13.2 Å². The zero-order valence-corrected chi connectivity index (χ0v) is 19.2. The molecule has 0 aromatic heterocycles. The first kappa shape index (κ1) is 22.9. The van der Waals surface area contributed by atoms with Crippen LogP contribution in [-0.4, -0.2) is 26.6 Å². The number of nitrogens with one attached hydrogen (secondary N) is 1. The number of hydrogen-bond acceptors (Lipinski definition) is 3. The molecule has 5 nitrogen and oxygen atoms in total. The summed E-state index contributed by atoms with van der Waals surface area (Å²) < 4.78 is 26.6. The van der Waals surface area contributed by atoms with Gasteiger partial charge >= 0.3 is 0 Å². The lowest BCUT2D eigenvalue weighted by atomic mass is 10.0. The van der Waals surface area contributed by atoms with E-state index < -0.39 is 16.1 Å². The molecule has 0 aliphatic heterocycles. The van der Waals surface area contributed by atoms with Gasteiger partial charge in [0.25, 0.3) is 0 Å². The summed E-state index contributed by atoms with van der Waals surface area (Å²) in [5.41, 5.74) is 5.65. The van der Waals surface area contributed by atoms with E-state index in [1.165, 1.54) is 9.87 Å². The highest BCUT2D eigenvalue weighted by molar-refractivity contribution is 7.92. The zero-order chi connectivity index (χ0) is 21.9. The first-order chi connectivity index (χ1) is 13.5. The summed E-state index contributed by atoms with van der Waals surface area (Å²) in [5.74, 6) is -0.301. The van der Waals surface area contributed by atoms with E-state index in [2.05, 4.69) is 11.4 Å². The molecule has 2 atom stereocenters. The molecule has 1 N–H and O–H groups in total. The van der Waals surface area contributed by atoms with E-state index in [-0.39, 0.29) is 11.9 Å². The number of rotatable bonds is 7. The molecule has 0 unspecified atom stereocenters. The lowest BCUT2D eigenvalue weighted by molar-refractivity contribution is -0.122. The van der Waals surface area contributed by atoms with Gasteiger partial charge in [-0.15, -0.1) is 0 Å². The first-order valence-electron chi connectivity index (χ1n) is 9.89. The van der Waals surface area contributed by atoms with Crippen LogP contribution in [0, 0.1) is 27.7 Å². The Bertz CT molecular complexity index is 999. The predicted octanol–water partition coefficient (Wildman–Crippen LogP) is 4.34. The normalized spacial score (nSPS) is 13.6. The van der Waals surface area contributed by atoms with Gasteiger partial charge in [-0.3, -0.25) is 9.10 Å². The van der Waals surface area contributed by atoms with Gasteiger partial charge in [0.1, 0.15) is 6.04 Å². The summed E-state index contributed by atoms with van der Waals surface area (Å²) in [4.78, 5) is 13.2. The number of amides is 1. The summed E-state index contributed by atoms with van der Waals surface area (Å²) in [7, 11) is -3.65. The molecule has 0 fully saturated rings. The van der Waals surface area contributed by atoms with E-state index in [1.807, 2.05) is 71.9 Å². The van der Waals surface area contributed by atoms with Crippen molar-refractivity contribution in [1.29, 1.82) is 0 Å². The van der Waals surface area contributed by atoms with E-state index in [4.69, 9.17) is 0 Å². The Morgan fingerprint density at radius 2 is 1.62 bits per heavy atom. The number of carbonyl (C=O) groups excluding carboxylic acids is 1. The molecule has 1 amide bonds. The average Bonchev–Trinajstić information content (AvgIpc) is 2.62. The third-order valence-corrected chi connectivity index (χ3v) is 6.49. The van der Waals surface area contributed by atoms with Crippen LogP contribution in [0.2, 0.25) is 0 Å². The summed E-state index contributed by atoms with van der Waals surface area (Å²) in [6, 6.07) is 10.7. The van der Waals surface area contributed by atoms with Gasteiger partial charge in [0.15, 0.2) is 0 Å². The summed E-state index contributed by atoms with van der Waals surface area (Å²) in [6.45, 7) is 11.6. The fourth-order valence-electron chi connectivity index (χ4n) is 3.42. The van der Waals surface area contributed by atoms with Crippen molar-refractivity contribution in [2.75, 3.05) is 10.6 Å². The van der Waals surface area contributed by atoms with Gasteiger partial charge in [-0.25, -0.2) is 8.42 Å². The minimum Gasteiger partial charge on any atom is -0.348 e. The Balaban J connectivity index is 2.38. The van der Waals surface area contributed by atoms with Gasteiger partial charge in [0.2, 0.25) is 15.9 Å². The monoisotopic (exact) mass is 416 g/mol. The maximum Gasteiger partial charge on any atom is 0.244 e. The molecular formula is C23H32N2O3S. The molecule has 2 rings (SSSR count). The van der Waals surface area contributed by atoms with Gasteiger partial charge in [0, 0.05) is 0 Å². The third kappa shape index (κ3) is 5.38. The Kier molecular flexibility index (Phi) is 7.11. The average molecular weight is 417 g/mol. The molecule has 29 heavy (non-hydrogen) atoms. The second-order valence-electron chi connectivity index (χ2n) is 7.85. The number of aryl methyl sites for hydroxylation is 4. The maximum absolute atomic E-state index is 13.2. The number of carbonyl (C=O) groups is 1. The number of nitrogens with zero attached hydrogens (tertiary/aromatic N) is 1. The van der Waals surface area contributed by atoms with Crippen LogP contribution in [0.4, 0.5) is 5.69 Å². The lowest BCUT2D eigenvalue weighted by Gasteiger charge is -2.32.